The van der Waals surface area contributed by atoms with Crippen molar-refractivity contribution in [2.75, 3.05) is 6.54 Å². The van der Waals surface area contributed by atoms with Crippen molar-refractivity contribution in [2.24, 2.45) is 5.92 Å². The number of ether oxygens (including phenoxy) is 3. The number of nitrogens with zero attached hydrogens (tertiary/aromatic N) is 1. The Morgan fingerprint density at radius 3 is 2.31 bits per heavy atom. The van der Waals surface area contributed by atoms with Crippen LogP contribution in [0.5, 0.6) is 0 Å². The van der Waals surface area contributed by atoms with E-state index in [1.54, 1.807) is 6.92 Å². The molecule has 2 aliphatic heterocycles. The van der Waals surface area contributed by atoms with Crippen LogP contribution in [0.4, 0.5) is 0 Å². The van der Waals surface area contributed by atoms with Gasteiger partial charge in [-0.2, -0.15) is 0 Å². The van der Waals surface area contributed by atoms with Gasteiger partial charge in [0, 0.05) is 43.6 Å². The number of rotatable bonds is 11. The van der Waals surface area contributed by atoms with Crippen molar-refractivity contribution in [1.82, 2.24) is 15.5 Å². The first-order chi connectivity index (χ1) is 25.9. The Morgan fingerprint density at radius 1 is 0.907 bits per heavy atom. The molecule has 3 aromatic carbocycles. The molecule has 10 nitrogen and oxygen atoms in total. The van der Waals surface area contributed by atoms with Gasteiger partial charge in [-0.1, -0.05) is 85.6 Å². The number of fused-ring (bicyclic) bond motifs is 1. The van der Waals surface area contributed by atoms with Gasteiger partial charge in [0.05, 0.1) is 24.9 Å². The smallest absolute Gasteiger partial charge is 0.303 e. The van der Waals surface area contributed by atoms with E-state index in [4.69, 9.17) is 14.2 Å². The van der Waals surface area contributed by atoms with Gasteiger partial charge in [-0.05, 0) is 87.1 Å². The number of likely N-dealkylation sites (tertiary alicyclic amines) is 1. The van der Waals surface area contributed by atoms with E-state index in [2.05, 4.69) is 15.5 Å². The molecule has 2 heterocycles. The van der Waals surface area contributed by atoms with Gasteiger partial charge in [0.1, 0.15) is 0 Å². The maximum absolute atomic E-state index is 13.8. The Hall–Kier alpha value is -4.09. The van der Waals surface area contributed by atoms with Crippen LogP contribution in [0, 0.1) is 5.92 Å². The van der Waals surface area contributed by atoms with Crippen LogP contribution < -0.4 is 10.6 Å². The fourth-order valence-electron chi connectivity index (χ4n) is 8.40. The number of aliphatic hydroxyl groups excluding tert-OH is 1. The molecule has 0 spiro atoms. The molecule has 0 aromatic heterocycles. The van der Waals surface area contributed by atoms with E-state index in [1.807, 2.05) is 93.6 Å². The molecule has 0 radical (unpaired) electrons. The topological polar surface area (TPSA) is 126 Å². The van der Waals surface area contributed by atoms with Crippen molar-refractivity contribution in [3.05, 3.63) is 95.1 Å². The average Bonchev–Trinajstić information content (AvgIpc) is 3.16. The second-order valence-corrected chi connectivity index (χ2v) is 16.2. The number of hydrogen-bond acceptors (Lipinski definition) is 8. The summed E-state index contributed by atoms with van der Waals surface area (Å²) in [6.45, 7) is 9.85. The van der Waals surface area contributed by atoms with E-state index in [-0.39, 0.29) is 48.8 Å². The highest BCUT2D eigenvalue weighted by Crippen LogP contribution is 2.42. The van der Waals surface area contributed by atoms with Crippen LogP contribution in [-0.2, 0) is 41.7 Å². The summed E-state index contributed by atoms with van der Waals surface area (Å²) in [5.41, 5.74) is 5.32. The SMILES string of the molecule is CC(=O)O[C@@H](C)C(=O)NCc1ccccc1-c1ccc([C@H]2O[C@@H](CN3[C@@H](C(=O)NC(C)(C)C)CC[C@H]4CCCC[C@H]43)C[C@@H](c3ccc(CO)cc3)O2)cc1. The number of aliphatic hydroxyl groups is 1. The van der Waals surface area contributed by atoms with Crippen molar-refractivity contribution in [1.29, 1.82) is 0 Å². The highest BCUT2D eigenvalue weighted by molar-refractivity contribution is 5.83. The molecule has 7 atom stereocenters. The van der Waals surface area contributed by atoms with Gasteiger partial charge < -0.3 is 30.0 Å². The molecule has 3 fully saturated rings. The Morgan fingerprint density at radius 2 is 1.61 bits per heavy atom. The summed E-state index contributed by atoms with van der Waals surface area (Å²) in [5.74, 6) is -0.170. The first kappa shape index (κ1) is 39.6. The highest BCUT2D eigenvalue weighted by Gasteiger charge is 2.44. The second kappa shape index (κ2) is 17.6. The molecule has 0 unspecified atom stereocenters. The largest absolute Gasteiger partial charge is 0.453 e. The number of esters is 1. The van der Waals surface area contributed by atoms with Crippen LogP contribution in [0.2, 0.25) is 0 Å². The summed E-state index contributed by atoms with van der Waals surface area (Å²) >= 11 is 0. The molecule has 2 saturated heterocycles. The fraction of sp³-hybridized carbons (Fsp3) is 0.523. The summed E-state index contributed by atoms with van der Waals surface area (Å²) in [6.07, 6.45) is 5.36. The predicted molar refractivity (Wildman–Crippen MR) is 207 cm³/mol. The lowest BCUT2D eigenvalue weighted by Gasteiger charge is -2.50. The zero-order valence-electron chi connectivity index (χ0n) is 32.4. The molecule has 54 heavy (non-hydrogen) atoms. The number of carbonyl (C=O) groups excluding carboxylic acids is 3. The molecule has 0 bridgehead atoms. The van der Waals surface area contributed by atoms with Crippen LogP contribution in [0.15, 0.2) is 72.8 Å². The van der Waals surface area contributed by atoms with Gasteiger partial charge in [-0.3, -0.25) is 19.3 Å². The predicted octanol–water partition coefficient (Wildman–Crippen LogP) is 6.90. The Kier molecular flexibility index (Phi) is 12.9. The summed E-state index contributed by atoms with van der Waals surface area (Å²) < 4.78 is 18.6. The van der Waals surface area contributed by atoms with Crippen molar-refractivity contribution >= 4 is 17.8 Å². The van der Waals surface area contributed by atoms with Crippen LogP contribution in [0.1, 0.15) is 114 Å². The number of amides is 2. The summed E-state index contributed by atoms with van der Waals surface area (Å²) in [4.78, 5) is 40.2. The van der Waals surface area contributed by atoms with Gasteiger partial charge >= 0.3 is 5.97 Å². The van der Waals surface area contributed by atoms with E-state index in [1.165, 1.54) is 26.2 Å². The average molecular weight is 740 g/mol. The van der Waals surface area contributed by atoms with E-state index < -0.39 is 18.4 Å². The monoisotopic (exact) mass is 739 g/mol. The minimum Gasteiger partial charge on any atom is -0.453 e. The molecule has 3 N–H and O–H groups in total. The number of benzene rings is 3. The maximum atomic E-state index is 13.8. The Bertz CT molecular complexity index is 1740. The first-order valence-electron chi connectivity index (χ1n) is 19.6. The van der Waals surface area contributed by atoms with Gasteiger partial charge in [-0.15, -0.1) is 0 Å². The van der Waals surface area contributed by atoms with Crippen LogP contribution in [-0.4, -0.2) is 64.2 Å². The van der Waals surface area contributed by atoms with Crippen LogP contribution >= 0.6 is 0 Å². The standard InChI is InChI=1S/C44H57N3O7/c1-28(52-29(2)49)41(50)45-25-35-11-6-8-12-37(35)31-18-20-34(21-19-31)43-53-36(24-40(54-43)33-16-14-30(27-48)15-17-33)26-47-38-13-9-7-10-32(38)22-23-39(47)42(51)46-44(3,4)5/h6,8,11-12,14-21,28,32,36,38-40,43,48H,7,9-10,13,22-27H2,1-5H3,(H,45,50)(H,46,51)/t28-,32+,36+,38+,39+,40-,43-/m0/s1. The molecule has 290 valence electrons. The van der Waals surface area contributed by atoms with Crippen molar-refractivity contribution in [3.8, 4) is 11.1 Å². The minimum absolute atomic E-state index is 0.0229. The van der Waals surface area contributed by atoms with Crippen molar-refractivity contribution < 1.29 is 33.7 Å². The van der Waals surface area contributed by atoms with E-state index in [0.29, 0.717) is 24.9 Å². The van der Waals surface area contributed by atoms with Crippen LogP contribution in [0.25, 0.3) is 11.1 Å². The molecule has 1 aliphatic carbocycles. The van der Waals surface area contributed by atoms with Gasteiger partial charge in [0.25, 0.3) is 5.91 Å². The lowest BCUT2D eigenvalue weighted by atomic mass is 9.75. The van der Waals surface area contributed by atoms with Gasteiger partial charge in [0.15, 0.2) is 12.4 Å². The van der Waals surface area contributed by atoms with E-state index in [0.717, 1.165) is 52.6 Å². The lowest BCUT2D eigenvalue weighted by Crippen LogP contribution is -2.61. The first-order valence-corrected chi connectivity index (χ1v) is 19.6. The summed E-state index contributed by atoms with van der Waals surface area (Å²) in [7, 11) is 0. The maximum Gasteiger partial charge on any atom is 0.303 e. The molecule has 2 amide bonds. The zero-order chi connectivity index (χ0) is 38.4. The quantitative estimate of drug-likeness (QED) is 0.182. The number of nitrogens with one attached hydrogen (secondary N) is 2. The summed E-state index contributed by atoms with van der Waals surface area (Å²) in [6, 6.07) is 24.1. The third kappa shape index (κ3) is 9.96. The molecule has 3 aromatic rings. The van der Waals surface area contributed by atoms with Crippen LogP contribution in [0.3, 0.4) is 0 Å². The third-order valence-electron chi connectivity index (χ3n) is 11.0. The molecular formula is C44H57N3O7. The number of carbonyl (C=O) groups is 3. The van der Waals surface area contributed by atoms with Gasteiger partial charge in [0.2, 0.25) is 5.91 Å². The lowest BCUT2D eigenvalue weighted by molar-refractivity contribution is -0.255. The van der Waals surface area contributed by atoms with E-state index in [9.17, 15) is 19.5 Å². The minimum atomic E-state index is -0.879. The highest BCUT2D eigenvalue weighted by atomic mass is 16.7. The number of hydrogen-bond donors (Lipinski definition) is 3. The molecule has 3 aliphatic rings. The number of piperidine rings is 1. The molecule has 10 heteroatoms. The fourth-order valence-corrected chi connectivity index (χ4v) is 8.40. The third-order valence-corrected chi connectivity index (χ3v) is 11.0. The van der Waals surface area contributed by atoms with E-state index >= 15 is 0 Å². The normalized spacial score (nSPS) is 25.2. The molecule has 6 rings (SSSR count). The molecular weight excluding hydrogens is 682 g/mol. The van der Waals surface area contributed by atoms with Crippen molar-refractivity contribution in [2.45, 2.75) is 135 Å². The Labute approximate surface area is 319 Å². The van der Waals surface area contributed by atoms with Crippen molar-refractivity contribution in [3.63, 3.8) is 0 Å². The summed E-state index contributed by atoms with van der Waals surface area (Å²) in [5, 5.41) is 15.8. The Balaban J connectivity index is 1.24. The molecule has 1 saturated carbocycles. The second-order valence-electron chi connectivity index (χ2n) is 16.2. The van der Waals surface area contributed by atoms with Gasteiger partial charge in [-0.25, -0.2) is 0 Å². The zero-order valence-corrected chi connectivity index (χ0v) is 32.4.